The van der Waals surface area contributed by atoms with Crippen molar-refractivity contribution in [3.05, 3.63) is 16.6 Å². The topological polar surface area (TPSA) is 59.2 Å². The highest BCUT2D eigenvalue weighted by atomic mass is 32.1. The summed E-state index contributed by atoms with van der Waals surface area (Å²) in [5.74, 6) is 0.192. The fraction of sp³-hybridized carbons (Fsp3) is 0.667. The van der Waals surface area contributed by atoms with Crippen LogP contribution in [0.2, 0.25) is 0 Å². The predicted molar refractivity (Wildman–Crippen MR) is 68.7 cm³/mol. The number of likely N-dealkylation sites (tertiary alicyclic amines) is 1. The Kier molecular flexibility index (Phi) is 3.23. The molecule has 0 aliphatic carbocycles. The van der Waals surface area contributed by atoms with E-state index in [2.05, 4.69) is 25.8 Å². The number of piperidine rings is 1. The molecule has 1 amide bonds. The summed E-state index contributed by atoms with van der Waals surface area (Å²) in [4.78, 5) is 19.3. The molecule has 1 aliphatic rings. The van der Waals surface area contributed by atoms with Crippen molar-refractivity contribution in [1.82, 2.24) is 9.88 Å². The van der Waals surface area contributed by atoms with E-state index in [0.717, 1.165) is 11.3 Å². The molecule has 1 fully saturated rings. The minimum Gasteiger partial charge on any atom is -0.328 e. The zero-order valence-electron chi connectivity index (χ0n) is 10.5. The molecule has 94 valence electrons. The number of carbonyl (C=O) groups is 1. The molecular weight excluding hydrogens is 234 g/mol. The Morgan fingerprint density at radius 1 is 1.53 bits per heavy atom. The molecule has 17 heavy (non-hydrogen) atoms. The Balaban J connectivity index is 2.39. The average molecular weight is 253 g/mol. The number of hydrogen-bond donors (Lipinski definition) is 1. The number of hydrogen-bond acceptors (Lipinski definition) is 4. The lowest BCUT2D eigenvalue weighted by atomic mass is 9.90. The van der Waals surface area contributed by atoms with Gasteiger partial charge in [-0.25, -0.2) is 0 Å². The molecule has 2 heterocycles. The lowest BCUT2D eigenvalue weighted by Gasteiger charge is -2.46. The molecule has 1 aromatic heterocycles. The summed E-state index contributed by atoms with van der Waals surface area (Å²) in [6, 6.07) is -0.0175. The van der Waals surface area contributed by atoms with Crippen LogP contribution in [0.3, 0.4) is 0 Å². The average Bonchev–Trinajstić information content (AvgIpc) is 2.72. The smallest absolute Gasteiger partial charge is 0.223 e. The summed E-state index contributed by atoms with van der Waals surface area (Å²) >= 11 is 1.57. The second-order valence-corrected chi connectivity index (χ2v) is 6.40. The number of rotatable bonds is 1. The van der Waals surface area contributed by atoms with Gasteiger partial charge in [-0.15, -0.1) is 11.3 Å². The molecule has 0 aromatic carbocycles. The number of nitrogens with zero attached hydrogens (tertiary/aromatic N) is 2. The van der Waals surface area contributed by atoms with Crippen LogP contribution < -0.4 is 5.73 Å². The van der Waals surface area contributed by atoms with Crippen LogP contribution in [0.1, 0.15) is 44.5 Å². The van der Waals surface area contributed by atoms with Crippen molar-refractivity contribution in [3.63, 3.8) is 0 Å². The van der Waals surface area contributed by atoms with Crippen LogP contribution in [0.4, 0.5) is 0 Å². The summed E-state index contributed by atoms with van der Waals surface area (Å²) in [6.07, 6.45) is 3.13. The molecule has 1 saturated heterocycles. The van der Waals surface area contributed by atoms with Crippen LogP contribution >= 0.6 is 11.3 Å². The second-order valence-electron chi connectivity index (χ2n) is 5.49. The molecular formula is C12H19N3OS. The normalized spacial score (nSPS) is 26.4. The molecule has 0 spiro atoms. The van der Waals surface area contributed by atoms with Crippen molar-refractivity contribution >= 4 is 17.2 Å². The van der Waals surface area contributed by atoms with Crippen molar-refractivity contribution in [2.24, 2.45) is 5.73 Å². The Hall–Kier alpha value is -0.940. The summed E-state index contributed by atoms with van der Waals surface area (Å²) in [6.45, 7) is 6.16. The van der Waals surface area contributed by atoms with Crippen LogP contribution in [0.25, 0.3) is 0 Å². The lowest BCUT2D eigenvalue weighted by Crippen LogP contribution is -2.55. The molecule has 4 nitrogen and oxygen atoms in total. The number of amides is 1. The summed E-state index contributed by atoms with van der Waals surface area (Å²) < 4.78 is 0. The van der Waals surface area contributed by atoms with Gasteiger partial charge in [0.2, 0.25) is 5.91 Å². The molecule has 2 atom stereocenters. The first-order valence-corrected chi connectivity index (χ1v) is 6.75. The van der Waals surface area contributed by atoms with Gasteiger partial charge < -0.3 is 10.6 Å². The fourth-order valence-corrected chi connectivity index (χ4v) is 3.20. The minimum atomic E-state index is -0.205. The Labute approximate surface area is 106 Å². The lowest BCUT2D eigenvalue weighted by molar-refractivity contribution is -0.143. The molecule has 2 unspecified atom stereocenters. The zero-order chi connectivity index (χ0) is 12.6. The Bertz CT molecular complexity index is 396. The van der Waals surface area contributed by atoms with E-state index in [1.807, 2.05) is 11.1 Å². The van der Waals surface area contributed by atoms with Gasteiger partial charge in [0, 0.05) is 29.1 Å². The van der Waals surface area contributed by atoms with E-state index in [-0.39, 0.29) is 23.5 Å². The van der Waals surface area contributed by atoms with Crippen LogP contribution in [-0.2, 0) is 4.79 Å². The highest BCUT2D eigenvalue weighted by Gasteiger charge is 2.41. The molecule has 1 aliphatic heterocycles. The highest BCUT2D eigenvalue weighted by Crippen LogP contribution is 2.37. The molecule has 0 saturated carbocycles. The maximum atomic E-state index is 12.1. The van der Waals surface area contributed by atoms with Crippen LogP contribution in [0.15, 0.2) is 11.7 Å². The van der Waals surface area contributed by atoms with Gasteiger partial charge in [0.05, 0.1) is 11.6 Å². The Morgan fingerprint density at radius 3 is 2.76 bits per heavy atom. The van der Waals surface area contributed by atoms with E-state index >= 15 is 0 Å². The van der Waals surface area contributed by atoms with Gasteiger partial charge in [-0.2, -0.15) is 0 Å². The molecule has 5 heteroatoms. The van der Waals surface area contributed by atoms with Gasteiger partial charge >= 0.3 is 0 Å². The molecule has 0 bridgehead atoms. The van der Waals surface area contributed by atoms with Gasteiger partial charge in [0.15, 0.2) is 0 Å². The second kappa shape index (κ2) is 4.38. The van der Waals surface area contributed by atoms with Crippen molar-refractivity contribution in [2.75, 3.05) is 0 Å². The van der Waals surface area contributed by atoms with Gasteiger partial charge in [0.1, 0.15) is 0 Å². The van der Waals surface area contributed by atoms with Gasteiger partial charge in [-0.3, -0.25) is 9.78 Å². The number of thiazole rings is 1. The van der Waals surface area contributed by atoms with Crippen molar-refractivity contribution in [2.45, 2.75) is 51.2 Å². The monoisotopic (exact) mass is 253 g/mol. The SMILES string of the molecule is CC(C)(C)N1C(=O)CCC(N)C1c1cncs1. The number of carbonyl (C=O) groups excluding carboxylic acids is 1. The van der Waals surface area contributed by atoms with E-state index in [1.165, 1.54) is 0 Å². The van der Waals surface area contributed by atoms with Crippen molar-refractivity contribution < 1.29 is 4.79 Å². The fourth-order valence-electron chi connectivity index (χ4n) is 2.42. The first-order chi connectivity index (χ1) is 7.91. The van der Waals surface area contributed by atoms with E-state index in [1.54, 1.807) is 16.8 Å². The Morgan fingerprint density at radius 2 is 2.24 bits per heavy atom. The van der Waals surface area contributed by atoms with E-state index < -0.39 is 0 Å². The van der Waals surface area contributed by atoms with Crippen LogP contribution in [0.5, 0.6) is 0 Å². The summed E-state index contributed by atoms with van der Waals surface area (Å²) in [5.41, 5.74) is 7.79. The number of aromatic nitrogens is 1. The third-order valence-corrected chi connectivity index (χ3v) is 3.96. The standard InChI is InChI=1S/C12H19N3OS/c1-12(2,3)15-10(16)5-4-8(13)11(15)9-6-14-7-17-9/h6-8,11H,4-5,13H2,1-3H3. The molecule has 1 aromatic rings. The number of nitrogens with two attached hydrogens (primary N) is 1. The quantitative estimate of drug-likeness (QED) is 0.832. The summed E-state index contributed by atoms with van der Waals surface area (Å²) in [5, 5.41) is 0. The van der Waals surface area contributed by atoms with Gasteiger partial charge in [-0.05, 0) is 27.2 Å². The minimum absolute atomic E-state index is 0.00683. The van der Waals surface area contributed by atoms with Gasteiger partial charge in [0.25, 0.3) is 0 Å². The summed E-state index contributed by atoms with van der Waals surface area (Å²) in [7, 11) is 0. The van der Waals surface area contributed by atoms with Crippen LogP contribution in [-0.4, -0.2) is 27.4 Å². The molecule has 2 rings (SSSR count). The van der Waals surface area contributed by atoms with Gasteiger partial charge in [-0.1, -0.05) is 0 Å². The van der Waals surface area contributed by atoms with Crippen molar-refractivity contribution in [1.29, 1.82) is 0 Å². The van der Waals surface area contributed by atoms with E-state index in [4.69, 9.17) is 5.73 Å². The van der Waals surface area contributed by atoms with Crippen molar-refractivity contribution in [3.8, 4) is 0 Å². The van der Waals surface area contributed by atoms with E-state index in [9.17, 15) is 4.79 Å². The molecule has 0 radical (unpaired) electrons. The molecule has 2 N–H and O–H groups in total. The maximum Gasteiger partial charge on any atom is 0.223 e. The maximum absolute atomic E-state index is 12.1. The predicted octanol–water partition coefficient (Wildman–Crippen LogP) is 1.93. The largest absolute Gasteiger partial charge is 0.328 e. The third kappa shape index (κ3) is 2.35. The first kappa shape index (κ1) is 12.5. The highest BCUT2D eigenvalue weighted by molar-refractivity contribution is 7.09. The van der Waals surface area contributed by atoms with E-state index in [0.29, 0.717) is 6.42 Å². The first-order valence-electron chi connectivity index (χ1n) is 5.87. The van der Waals surface area contributed by atoms with Crippen LogP contribution in [0, 0.1) is 0 Å². The zero-order valence-corrected chi connectivity index (χ0v) is 11.3. The third-order valence-electron chi connectivity index (χ3n) is 3.11.